The van der Waals surface area contributed by atoms with Crippen molar-refractivity contribution in [1.29, 1.82) is 0 Å². The van der Waals surface area contributed by atoms with Crippen molar-refractivity contribution in [3.63, 3.8) is 0 Å². The highest BCUT2D eigenvalue weighted by Crippen LogP contribution is 2.50. The molecule has 1 aromatic heterocycles. The predicted octanol–water partition coefficient (Wildman–Crippen LogP) is 16.0. The van der Waals surface area contributed by atoms with Gasteiger partial charge in [0.2, 0.25) is 0 Å². The van der Waals surface area contributed by atoms with Crippen molar-refractivity contribution in [3.05, 3.63) is 212 Å². The molecule has 11 aromatic rings. The van der Waals surface area contributed by atoms with E-state index in [9.17, 15) is 0 Å². The zero-order valence-electron chi connectivity index (χ0n) is 30.6. The van der Waals surface area contributed by atoms with Gasteiger partial charge in [0.05, 0.1) is 11.4 Å². The van der Waals surface area contributed by atoms with Gasteiger partial charge in [-0.2, -0.15) is 0 Å². The summed E-state index contributed by atoms with van der Waals surface area (Å²) in [6.07, 6.45) is 0. The number of nitrogens with zero attached hydrogens (tertiary/aromatic N) is 1. The summed E-state index contributed by atoms with van der Waals surface area (Å²) in [5.41, 5.74) is 10.5. The van der Waals surface area contributed by atoms with E-state index < -0.39 is 0 Å². The predicted molar refractivity (Wildman–Crippen MR) is 243 cm³/mol. The summed E-state index contributed by atoms with van der Waals surface area (Å²) < 4.78 is 2.58. The zero-order valence-corrected chi connectivity index (χ0v) is 31.4. The van der Waals surface area contributed by atoms with Crippen LogP contribution < -0.4 is 4.90 Å². The maximum Gasteiger partial charge on any atom is 0.0546 e. The van der Waals surface area contributed by atoms with E-state index in [0.717, 1.165) is 17.1 Å². The maximum atomic E-state index is 2.52. The Morgan fingerprint density at radius 2 is 0.929 bits per heavy atom. The van der Waals surface area contributed by atoms with Gasteiger partial charge in [0.25, 0.3) is 0 Å². The average Bonchev–Trinajstić information content (AvgIpc) is 3.64. The first kappa shape index (κ1) is 32.4. The second-order valence-corrected chi connectivity index (χ2v) is 15.6. The summed E-state index contributed by atoms with van der Waals surface area (Å²) in [6, 6.07) is 78.0. The molecule has 0 radical (unpaired) electrons. The fraction of sp³-hybridized carbons (Fsp3) is 0. The number of rotatable bonds is 6. The van der Waals surface area contributed by atoms with Crippen molar-refractivity contribution in [1.82, 2.24) is 0 Å². The largest absolute Gasteiger partial charge is 0.309 e. The molecule has 2 heteroatoms. The van der Waals surface area contributed by atoms with E-state index in [4.69, 9.17) is 0 Å². The van der Waals surface area contributed by atoms with Crippen LogP contribution in [0, 0.1) is 0 Å². The normalized spacial score (nSPS) is 11.6. The van der Waals surface area contributed by atoms with Gasteiger partial charge in [-0.15, -0.1) is 11.3 Å². The molecule has 1 nitrogen and oxygen atoms in total. The third-order valence-corrected chi connectivity index (χ3v) is 12.4. The van der Waals surface area contributed by atoms with Crippen LogP contribution in [0.5, 0.6) is 0 Å². The van der Waals surface area contributed by atoms with Gasteiger partial charge in [-0.25, -0.2) is 0 Å². The minimum absolute atomic E-state index is 1.12. The molecule has 0 N–H and O–H groups in total. The van der Waals surface area contributed by atoms with Gasteiger partial charge >= 0.3 is 0 Å². The molecule has 1 heterocycles. The first-order valence-electron chi connectivity index (χ1n) is 19.2. The molecule has 0 bridgehead atoms. The van der Waals surface area contributed by atoms with Gasteiger partial charge in [-0.05, 0) is 97.0 Å². The van der Waals surface area contributed by atoms with Crippen molar-refractivity contribution < 1.29 is 0 Å². The highest BCUT2D eigenvalue weighted by atomic mass is 32.1. The molecule has 11 rings (SSSR count). The number of fused-ring (bicyclic) bond motifs is 6. The minimum Gasteiger partial charge on any atom is -0.309 e. The molecule has 0 unspecified atom stereocenters. The van der Waals surface area contributed by atoms with Crippen LogP contribution in [0.1, 0.15) is 0 Å². The standard InChI is InChI=1S/C54H35NS/c1-2-13-36(14-3-1)41-28-31-50(49(34-41)46-23-12-19-38-16-6-8-20-44(38)46)55(43-29-30-48-47-22-10-11-24-52(47)56-53(48)35-43)51-32-27-39-17-7-9-21-45(39)54(51)42-26-25-37-15-4-5-18-40(37)33-42/h1-35H. The van der Waals surface area contributed by atoms with Gasteiger partial charge < -0.3 is 4.90 Å². The lowest BCUT2D eigenvalue weighted by Crippen LogP contribution is -2.13. The Hall–Kier alpha value is -7.00. The molecule has 262 valence electrons. The number of anilines is 3. The van der Waals surface area contributed by atoms with Crippen LogP contribution in [0.2, 0.25) is 0 Å². The highest BCUT2D eigenvalue weighted by molar-refractivity contribution is 7.25. The van der Waals surface area contributed by atoms with Crippen molar-refractivity contribution in [2.24, 2.45) is 0 Å². The van der Waals surface area contributed by atoms with Crippen LogP contribution in [0.3, 0.4) is 0 Å². The summed E-state index contributed by atoms with van der Waals surface area (Å²) in [5, 5.41) is 9.95. The van der Waals surface area contributed by atoms with Crippen LogP contribution in [0.25, 0.3) is 85.9 Å². The first-order chi connectivity index (χ1) is 27.8. The lowest BCUT2D eigenvalue weighted by atomic mass is 9.91. The molecule has 0 spiro atoms. The molecule has 0 aliphatic rings. The third-order valence-electron chi connectivity index (χ3n) is 11.2. The Labute approximate surface area is 330 Å². The third kappa shape index (κ3) is 5.46. The Bertz CT molecular complexity index is 3260. The van der Waals surface area contributed by atoms with E-state index in [0.29, 0.717) is 0 Å². The summed E-state index contributed by atoms with van der Waals surface area (Å²) in [6.45, 7) is 0. The molecule has 0 fully saturated rings. The van der Waals surface area contributed by atoms with Crippen LogP contribution in [0.4, 0.5) is 17.1 Å². The second kappa shape index (κ2) is 13.4. The van der Waals surface area contributed by atoms with Crippen LogP contribution in [-0.4, -0.2) is 0 Å². The molecule has 10 aromatic carbocycles. The van der Waals surface area contributed by atoms with Crippen molar-refractivity contribution >= 4 is 80.9 Å². The van der Waals surface area contributed by atoms with E-state index >= 15 is 0 Å². The molecule has 0 aliphatic carbocycles. The Morgan fingerprint density at radius 3 is 1.79 bits per heavy atom. The van der Waals surface area contributed by atoms with E-state index in [1.807, 2.05) is 11.3 Å². The first-order valence-corrected chi connectivity index (χ1v) is 20.0. The number of thiophene rings is 1. The maximum absolute atomic E-state index is 2.52. The van der Waals surface area contributed by atoms with Crippen molar-refractivity contribution in [2.45, 2.75) is 0 Å². The van der Waals surface area contributed by atoms with Crippen LogP contribution in [0.15, 0.2) is 212 Å². The lowest BCUT2D eigenvalue weighted by molar-refractivity contribution is 1.30. The summed E-state index contributed by atoms with van der Waals surface area (Å²) in [5.74, 6) is 0. The van der Waals surface area contributed by atoms with Crippen LogP contribution >= 0.6 is 11.3 Å². The summed E-state index contributed by atoms with van der Waals surface area (Å²) >= 11 is 1.86. The highest BCUT2D eigenvalue weighted by Gasteiger charge is 2.24. The van der Waals surface area contributed by atoms with Crippen molar-refractivity contribution in [3.8, 4) is 33.4 Å². The molecule has 56 heavy (non-hydrogen) atoms. The van der Waals surface area contributed by atoms with Crippen molar-refractivity contribution in [2.75, 3.05) is 4.90 Å². The minimum atomic E-state index is 1.12. The van der Waals surface area contributed by atoms with Crippen LogP contribution in [-0.2, 0) is 0 Å². The average molecular weight is 730 g/mol. The topological polar surface area (TPSA) is 3.24 Å². The van der Waals surface area contributed by atoms with Gasteiger partial charge in [0.15, 0.2) is 0 Å². The van der Waals surface area contributed by atoms with E-state index in [1.165, 1.54) is 85.9 Å². The van der Waals surface area contributed by atoms with E-state index in [-0.39, 0.29) is 0 Å². The quantitative estimate of drug-likeness (QED) is 0.165. The molecule has 0 aliphatic heterocycles. The fourth-order valence-electron chi connectivity index (χ4n) is 8.57. The smallest absolute Gasteiger partial charge is 0.0546 e. The summed E-state index contributed by atoms with van der Waals surface area (Å²) in [4.78, 5) is 2.52. The molecule has 0 amide bonds. The molecule has 0 saturated carbocycles. The molecule has 0 saturated heterocycles. The number of benzene rings is 10. The second-order valence-electron chi connectivity index (χ2n) is 14.5. The number of hydrogen-bond acceptors (Lipinski definition) is 2. The Balaban J connectivity index is 1.25. The monoisotopic (exact) mass is 729 g/mol. The Morgan fingerprint density at radius 1 is 0.304 bits per heavy atom. The summed E-state index contributed by atoms with van der Waals surface area (Å²) in [7, 11) is 0. The molecule has 0 atom stereocenters. The van der Waals surface area contributed by atoms with Gasteiger partial charge in [0.1, 0.15) is 0 Å². The number of hydrogen-bond donors (Lipinski definition) is 0. The fourth-order valence-corrected chi connectivity index (χ4v) is 9.71. The lowest BCUT2D eigenvalue weighted by Gasteiger charge is -2.31. The molecular formula is C54H35NS. The van der Waals surface area contributed by atoms with E-state index in [2.05, 4.69) is 217 Å². The van der Waals surface area contributed by atoms with E-state index in [1.54, 1.807) is 0 Å². The van der Waals surface area contributed by atoms with Gasteiger partial charge in [-0.1, -0.05) is 170 Å². The molecular weight excluding hydrogens is 695 g/mol. The zero-order chi connectivity index (χ0) is 37.0. The Kier molecular flexibility index (Phi) is 7.75. The SMILES string of the molecule is c1ccc(-c2ccc(N(c3ccc4c(c3)sc3ccccc34)c3ccc4ccccc4c3-c3ccc4ccccc4c3)c(-c3cccc4ccccc34)c2)cc1. The van der Waals surface area contributed by atoms with Gasteiger partial charge in [-0.3, -0.25) is 0 Å². The van der Waals surface area contributed by atoms with Gasteiger partial charge in [0, 0.05) is 37.0 Å².